The Morgan fingerprint density at radius 1 is 1.13 bits per heavy atom. The largest absolute Gasteiger partial charge is 0.426 e. The Balaban J connectivity index is 2.32. The number of carbonyl (C=O) groups is 1. The molecule has 1 atom stereocenters. The van der Waals surface area contributed by atoms with Gasteiger partial charge < -0.3 is 4.74 Å². The highest BCUT2D eigenvalue weighted by Crippen LogP contribution is 2.37. The third-order valence-electron chi connectivity index (χ3n) is 2.91. The van der Waals surface area contributed by atoms with Crippen LogP contribution in [0.4, 0.5) is 0 Å². The third-order valence-corrected chi connectivity index (χ3v) is 2.91. The Morgan fingerprint density at radius 2 is 1.80 bits per heavy atom. The van der Waals surface area contributed by atoms with Crippen LogP contribution in [0.15, 0.2) is 36.4 Å². The summed E-state index contributed by atoms with van der Waals surface area (Å²) in [5.41, 5.74) is 0.999. The lowest BCUT2D eigenvalue weighted by molar-refractivity contribution is -0.133. The zero-order valence-electron chi connectivity index (χ0n) is 8.36. The molecule has 3 rings (SSSR count). The summed E-state index contributed by atoms with van der Waals surface area (Å²) < 4.78 is 5.19. The highest BCUT2D eigenvalue weighted by atomic mass is 16.5. The molecule has 0 radical (unpaired) electrons. The molecular weight excluding hydrogens is 188 g/mol. The van der Waals surface area contributed by atoms with Crippen molar-refractivity contribution < 1.29 is 9.53 Å². The molecule has 1 unspecified atom stereocenters. The summed E-state index contributed by atoms with van der Waals surface area (Å²) in [4.78, 5) is 11.4. The zero-order valence-corrected chi connectivity index (χ0v) is 8.36. The predicted octanol–water partition coefficient (Wildman–Crippen LogP) is 2.86. The van der Waals surface area contributed by atoms with Crippen LogP contribution in [0.1, 0.15) is 18.4 Å². The molecule has 2 nitrogen and oxygen atoms in total. The van der Waals surface area contributed by atoms with E-state index < -0.39 is 0 Å². The van der Waals surface area contributed by atoms with Gasteiger partial charge in [0.15, 0.2) is 0 Å². The number of fused-ring (bicyclic) bond motifs is 2. The molecule has 1 aliphatic heterocycles. The normalized spacial score (nSPS) is 19.0. The van der Waals surface area contributed by atoms with E-state index in [0.717, 1.165) is 16.3 Å². The van der Waals surface area contributed by atoms with Gasteiger partial charge in [-0.1, -0.05) is 24.3 Å². The number of ether oxygens (including phenoxy) is 1. The number of hydrogen-bond acceptors (Lipinski definition) is 2. The van der Waals surface area contributed by atoms with Crippen molar-refractivity contribution in [2.75, 3.05) is 0 Å². The first kappa shape index (κ1) is 8.48. The lowest BCUT2D eigenvalue weighted by Crippen LogP contribution is -2.05. The van der Waals surface area contributed by atoms with Crippen molar-refractivity contribution in [2.45, 2.75) is 12.8 Å². The van der Waals surface area contributed by atoms with Gasteiger partial charge in [0.2, 0.25) is 0 Å². The number of carbonyl (C=O) groups excluding carboxylic acids is 1. The van der Waals surface area contributed by atoms with Crippen molar-refractivity contribution in [3.05, 3.63) is 42.0 Å². The molecule has 0 saturated heterocycles. The van der Waals surface area contributed by atoms with E-state index in [9.17, 15) is 4.79 Å². The van der Waals surface area contributed by atoms with Crippen LogP contribution in [0.25, 0.3) is 10.8 Å². The minimum Gasteiger partial charge on any atom is -0.426 e. The monoisotopic (exact) mass is 198 g/mol. The summed E-state index contributed by atoms with van der Waals surface area (Å²) in [6.45, 7) is 1.88. The lowest BCUT2D eigenvalue weighted by atomic mass is 9.99. The van der Waals surface area contributed by atoms with Gasteiger partial charge in [-0.2, -0.15) is 0 Å². The van der Waals surface area contributed by atoms with Gasteiger partial charge in [0.1, 0.15) is 5.75 Å². The topological polar surface area (TPSA) is 26.3 Å². The molecule has 1 aliphatic rings. The average Bonchev–Trinajstić information content (AvgIpc) is 2.52. The molecular formula is C13H10O2. The molecule has 0 N–H and O–H groups in total. The van der Waals surface area contributed by atoms with Crippen LogP contribution in [0.2, 0.25) is 0 Å². The van der Waals surface area contributed by atoms with Crippen LogP contribution in [0.5, 0.6) is 5.75 Å². The van der Waals surface area contributed by atoms with E-state index in [4.69, 9.17) is 4.74 Å². The van der Waals surface area contributed by atoms with Crippen molar-refractivity contribution in [1.82, 2.24) is 0 Å². The number of rotatable bonds is 0. The molecule has 74 valence electrons. The van der Waals surface area contributed by atoms with Crippen LogP contribution in [0, 0.1) is 0 Å². The van der Waals surface area contributed by atoms with E-state index >= 15 is 0 Å². The van der Waals surface area contributed by atoms with Crippen LogP contribution < -0.4 is 4.74 Å². The van der Waals surface area contributed by atoms with Gasteiger partial charge in [-0.25, -0.2) is 0 Å². The summed E-state index contributed by atoms with van der Waals surface area (Å²) in [6, 6.07) is 12.0. The van der Waals surface area contributed by atoms with Gasteiger partial charge in [0, 0.05) is 5.56 Å². The van der Waals surface area contributed by atoms with Gasteiger partial charge in [-0.3, -0.25) is 4.79 Å². The SMILES string of the molecule is CC1C(=O)Oc2cc3ccccc3cc21. The summed E-state index contributed by atoms with van der Waals surface area (Å²) in [5, 5.41) is 2.26. The molecule has 0 saturated carbocycles. The maximum Gasteiger partial charge on any atom is 0.318 e. The molecule has 0 fully saturated rings. The van der Waals surface area contributed by atoms with Crippen molar-refractivity contribution >= 4 is 16.7 Å². The quantitative estimate of drug-likeness (QED) is 0.480. The Labute approximate surface area is 87.5 Å². The van der Waals surface area contributed by atoms with Gasteiger partial charge in [-0.15, -0.1) is 0 Å². The minimum atomic E-state index is -0.152. The van der Waals surface area contributed by atoms with Crippen molar-refractivity contribution in [3.8, 4) is 5.75 Å². The molecule has 15 heavy (non-hydrogen) atoms. The second-order valence-electron chi connectivity index (χ2n) is 3.88. The van der Waals surface area contributed by atoms with Gasteiger partial charge in [-0.05, 0) is 29.8 Å². The minimum absolute atomic E-state index is 0.135. The van der Waals surface area contributed by atoms with Gasteiger partial charge in [0.25, 0.3) is 0 Å². The maximum atomic E-state index is 11.4. The van der Waals surface area contributed by atoms with E-state index in [-0.39, 0.29) is 11.9 Å². The zero-order chi connectivity index (χ0) is 10.4. The van der Waals surface area contributed by atoms with Crippen LogP contribution in [-0.4, -0.2) is 5.97 Å². The van der Waals surface area contributed by atoms with Gasteiger partial charge in [0.05, 0.1) is 5.92 Å². The second-order valence-corrected chi connectivity index (χ2v) is 3.88. The van der Waals surface area contributed by atoms with Crippen LogP contribution in [0.3, 0.4) is 0 Å². The molecule has 2 heteroatoms. The fourth-order valence-electron chi connectivity index (χ4n) is 1.99. The van der Waals surface area contributed by atoms with Crippen molar-refractivity contribution in [1.29, 1.82) is 0 Å². The van der Waals surface area contributed by atoms with Crippen molar-refractivity contribution in [3.63, 3.8) is 0 Å². The van der Waals surface area contributed by atoms with E-state index in [1.807, 2.05) is 43.3 Å². The Kier molecular flexibility index (Phi) is 1.60. The van der Waals surface area contributed by atoms with E-state index in [1.54, 1.807) is 0 Å². The summed E-state index contributed by atoms with van der Waals surface area (Å²) in [5.74, 6) is 0.427. The highest BCUT2D eigenvalue weighted by Gasteiger charge is 2.29. The third kappa shape index (κ3) is 1.14. The van der Waals surface area contributed by atoms with E-state index in [0.29, 0.717) is 5.75 Å². The first-order chi connectivity index (χ1) is 7.25. The Bertz CT molecular complexity index is 557. The molecule has 0 bridgehead atoms. The molecule has 2 aromatic rings. The lowest BCUT2D eigenvalue weighted by Gasteiger charge is -2.02. The molecule has 0 aromatic heterocycles. The number of esters is 1. The Morgan fingerprint density at radius 3 is 2.53 bits per heavy atom. The van der Waals surface area contributed by atoms with Crippen LogP contribution >= 0.6 is 0 Å². The fraction of sp³-hybridized carbons (Fsp3) is 0.154. The Hall–Kier alpha value is -1.83. The molecule has 0 spiro atoms. The summed E-state index contributed by atoms with van der Waals surface area (Å²) >= 11 is 0. The average molecular weight is 198 g/mol. The van der Waals surface area contributed by atoms with Crippen LogP contribution in [-0.2, 0) is 4.79 Å². The summed E-state index contributed by atoms with van der Waals surface area (Å²) in [6.07, 6.45) is 0. The maximum absolute atomic E-state index is 11.4. The first-order valence-corrected chi connectivity index (χ1v) is 5.00. The fourth-order valence-corrected chi connectivity index (χ4v) is 1.99. The number of benzene rings is 2. The second kappa shape index (κ2) is 2.83. The van der Waals surface area contributed by atoms with E-state index in [1.165, 1.54) is 0 Å². The summed E-state index contributed by atoms with van der Waals surface area (Å²) in [7, 11) is 0. The predicted molar refractivity (Wildman–Crippen MR) is 58.0 cm³/mol. The van der Waals surface area contributed by atoms with Gasteiger partial charge >= 0.3 is 5.97 Å². The smallest absolute Gasteiger partial charge is 0.318 e. The highest BCUT2D eigenvalue weighted by molar-refractivity contribution is 5.92. The molecule has 0 amide bonds. The first-order valence-electron chi connectivity index (χ1n) is 5.00. The van der Waals surface area contributed by atoms with Crippen molar-refractivity contribution in [2.24, 2.45) is 0 Å². The molecule has 1 heterocycles. The molecule has 0 aliphatic carbocycles. The number of hydrogen-bond donors (Lipinski definition) is 0. The standard InChI is InChI=1S/C13H10O2/c1-8-11-6-9-4-2-3-5-10(9)7-12(11)15-13(8)14/h2-8H,1H3. The molecule has 2 aromatic carbocycles. The van der Waals surface area contributed by atoms with E-state index in [2.05, 4.69) is 0 Å².